The van der Waals surface area contributed by atoms with Gasteiger partial charge in [-0.05, 0) is 55.9 Å². The van der Waals surface area contributed by atoms with Crippen LogP contribution in [0.25, 0.3) is 0 Å². The first-order chi connectivity index (χ1) is 5.79. The minimum absolute atomic E-state index is 0.759. The van der Waals surface area contributed by atoms with Crippen molar-refractivity contribution in [3.8, 4) is 0 Å². The molecule has 0 aliphatic heterocycles. The maximum absolute atomic E-state index is 5.65. The third-order valence-corrected chi connectivity index (χ3v) is 3.99. The maximum Gasteiger partial charge on any atom is -0.00514 e. The minimum Gasteiger partial charge on any atom is -0.330 e. The lowest BCUT2D eigenvalue weighted by Crippen LogP contribution is -2.18. The number of hydrogen-bond donors (Lipinski definition) is 1. The van der Waals surface area contributed by atoms with Gasteiger partial charge in [0.15, 0.2) is 0 Å². The summed E-state index contributed by atoms with van der Waals surface area (Å²) in [6.45, 7) is 3.18. The zero-order chi connectivity index (χ0) is 8.55. The first-order valence-electron chi connectivity index (χ1n) is 5.49. The molecule has 0 aromatic rings. The molecule has 0 heterocycles. The first-order valence-corrected chi connectivity index (χ1v) is 5.49. The molecule has 2 rings (SSSR count). The number of nitrogens with two attached hydrogens (primary N) is 1. The summed E-state index contributed by atoms with van der Waals surface area (Å²) in [7, 11) is 0. The topological polar surface area (TPSA) is 26.0 Å². The Balaban J connectivity index is 1.82. The fourth-order valence-electron chi connectivity index (χ4n) is 3.28. The van der Waals surface area contributed by atoms with Crippen molar-refractivity contribution in [3.63, 3.8) is 0 Å². The normalized spacial score (nSPS) is 42.0. The van der Waals surface area contributed by atoms with Gasteiger partial charge in [0.2, 0.25) is 0 Å². The molecule has 70 valence electrons. The van der Waals surface area contributed by atoms with E-state index in [0.717, 1.165) is 30.2 Å². The maximum atomic E-state index is 5.65. The SMILES string of the molecule is CC(CN)CC1CC2CCC1C2. The van der Waals surface area contributed by atoms with Gasteiger partial charge in [0.1, 0.15) is 0 Å². The van der Waals surface area contributed by atoms with Crippen LogP contribution in [0, 0.1) is 23.7 Å². The van der Waals surface area contributed by atoms with Crippen LogP contribution in [0.5, 0.6) is 0 Å². The molecule has 0 aromatic carbocycles. The van der Waals surface area contributed by atoms with E-state index in [4.69, 9.17) is 5.73 Å². The molecular formula is C11H21N. The van der Waals surface area contributed by atoms with Crippen LogP contribution in [-0.2, 0) is 0 Å². The summed E-state index contributed by atoms with van der Waals surface area (Å²) in [5.74, 6) is 3.99. The standard InChI is InChI=1S/C11H21N/c1-8(7-12)4-11-6-9-2-3-10(11)5-9/h8-11H,2-7,12H2,1H3. The summed E-state index contributed by atoms with van der Waals surface area (Å²) in [6, 6.07) is 0. The van der Waals surface area contributed by atoms with Crippen molar-refractivity contribution in [1.82, 2.24) is 0 Å². The van der Waals surface area contributed by atoms with Crippen molar-refractivity contribution < 1.29 is 0 Å². The molecule has 2 aliphatic rings. The molecule has 4 unspecified atom stereocenters. The van der Waals surface area contributed by atoms with Crippen LogP contribution in [0.4, 0.5) is 0 Å². The molecule has 0 spiro atoms. The van der Waals surface area contributed by atoms with Gasteiger partial charge in [-0.3, -0.25) is 0 Å². The highest BCUT2D eigenvalue weighted by atomic mass is 14.5. The average Bonchev–Trinajstić information content (AvgIpc) is 2.64. The predicted molar refractivity (Wildman–Crippen MR) is 51.8 cm³/mol. The second kappa shape index (κ2) is 3.37. The van der Waals surface area contributed by atoms with E-state index < -0.39 is 0 Å². The second-order valence-corrected chi connectivity index (χ2v) is 5.01. The molecule has 1 heteroatoms. The van der Waals surface area contributed by atoms with E-state index in [0.29, 0.717) is 0 Å². The summed E-state index contributed by atoms with van der Waals surface area (Å²) in [5.41, 5.74) is 5.65. The van der Waals surface area contributed by atoms with Gasteiger partial charge in [-0.15, -0.1) is 0 Å². The van der Waals surface area contributed by atoms with Gasteiger partial charge in [-0.25, -0.2) is 0 Å². The van der Waals surface area contributed by atoms with Gasteiger partial charge < -0.3 is 5.73 Å². The van der Waals surface area contributed by atoms with E-state index in [1.807, 2.05) is 0 Å². The third kappa shape index (κ3) is 1.52. The molecule has 12 heavy (non-hydrogen) atoms. The number of hydrogen-bond acceptors (Lipinski definition) is 1. The Morgan fingerprint density at radius 2 is 2.17 bits per heavy atom. The highest BCUT2D eigenvalue weighted by molar-refractivity contribution is 4.90. The zero-order valence-electron chi connectivity index (χ0n) is 8.13. The van der Waals surface area contributed by atoms with Gasteiger partial charge in [-0.2, -0.15) is 0 Å². The van der Waals surface area contributed by atoms with Crippen LogP contribution in [-0.4, -0.2) is 6.54 Å². The van der Waals surface area contributed by atoms with Gasteiger partial charge in [0.05, 0.1) is 0 Å². The van der Waals surface area contributed by atoms with Crippen LogP contribution in [0.3, 0.4) is 0 Å². The molecule has 4 atom stereocenters. The fraction of sp³-hybridized carbons (Fsp3) is 1.00. The summed E-state index contributed by atoms with van der Waals surface area (Å²) >= 11 is 0. The van der Waals surface area contributed by atoms with Crippen LogP contribution >= 0.6 is 0 Å². The van der Waals surface area contributed by atoms with Gasteiger partial charge in [-0.1, -0.05) is 13.3 Å². The third-order valence-electron chi connectivity index (χ3n) is 3.99. The Morgan fingerprint density at radius 3 is 2.67 bits per heavy atom. The van der Waals surface area contributed by atoms with Gasteiger partial charge >= 0.3 is 0 Å². The Bertz CT molecular complexity index is 155. The summed E-state index contributed by atoms with van der Waals surface area (Å²) < 4.78 is 0. The molecular weight excluding hydrogens is 146 g/mol. The molecule has 2 bridgehead atoms. The van der Waals surface area contributed by atoms with Crippen molar-refractivity contribution in [3.05, 3.63) is 0 Å². The van der Waals surface area contributed by atoms with E-state index in [-0.39, 0.29) is 0 Å². The Kier molecular flexibility index (Phi) is 2.40. The molecule has 0 saturated heterocycles. The summed E-state index contributed by atoms with van der Waals surface area (Å²) in [4.78, 5) is 0. The lowest BCUT2D eigenvalue weighted by Gasteiger charge is -2.23. The van der Waals surface area contributed by atoms with Crippen LogP contribution < -0.4 is 5.73 Å². The molecule has 0 radical (unpaired) electrons. The quantitative estimate of drug-likeness (QED) is 0.686. The molecule has 0 amide bonds. The zero-order valence-corrected chi connectivity index (χ0v) is 8.13. The van der Waals surface area contributed by atoms with E-state index >= 15 is 0 Å². The van der Waals surface area contributed by atoms with Crippen LogP contribution in [0.1, 0.15) is 39.0 Å². The van der Waals surface area contributed by atoms with Crippen LogP contribution in [0.15, 0.2) is 0 Å². The highest BCUT2D eigenvalue weighted by Gasteiger charge is 2.39. The Labute approximate surface area is 75.7 Å². The van der Waals surface area contributed by atoms with Gasteiger partial charge in [0, 0.05) is 0 Å². The molecule has 1 nitrogen and oxygen atoms in total. The van der Waals surface area contributed by atoms with E-state index in [2.05, 4.69) is 6.92 Å². The summed E-state index contributed by atoms with van der Waals surface area (Å²) in [5, 5.41) is 0. The van der Waals surface area contributed by atoms with Crippen molar-refractivity contribution in [1.29, 1.82) is 0 Å². The molecule has 2 fully saturated rings. The van der Waals surface area contributed by atoms with E-state index in [9.17, 15) is 0 Å². The van der Waals surface area contributed by atoms with Crippen molar-refractivity contribution >= 4 is 0 Å². The number of rotatable bonds is 3. The molecule has 2 aliphatic carbocycles. The smallest absolute Gasteiger partial charge is 0.00514 e. The Hall–Kier alpha value is -0.0400. The highest BCUT2D eigenvalue weighted by Crippen LogP contribution is 2.50. The second-order valence-electron chi connectivity index (χ2n) is 5.01. The number of fused-ring (bicyclic) bond motifs is 2. The van der Waals surface area contributed by atoms with Gasteiger partial charge in [0.25, 0.3) is 0 Å². The average molecular weight is 167 g/mol. The lowest BCUT2D eigenvalue weighted by molar-refractivity contribution is 0.278. The Morgan fingerprint density at radius 1 is 1.33 bits per heavy atom. The monoisotopic (exact) mass is 167 g/mol. The largest absolute Gasteiger partial charge is 0.330 e. The van der Waals surface area contributed by atoms with Crippen LogP contribution in [0.2, 0.25) is 0 Å². The molecule has 0 aromatic heterocycles. The molecule has 2 N–H and O–H groups in total. The molecule has 2 saturated carbocycles. The van der Waals surface area contributed by atoms with Crippen molar-refractivity contribution in [2.24, 2.45) is 29.4 Å². The predicted octanol–water partition coefficient (Wildman–Crippen LogP) is 2.41. The fourth-order valence-corrected chi connectivity index (χ4v) is 3.28. The lowest BCUT2D eigenvalue weighted by atomic mass is 9.83. The summed E-state index contributed by atoms with van der Waals surface area (Å²) in [6.07, 6.45) is 7.51. The van der Waals surface area contributed by atoms with E-state index in [1.54, 1.807) is 6.42 Å². The minimum atomic E-state index is 0.759. The van der Waals surface area contributed by atoms with E-state index in [1.165, 1.54) is 25.7 Å². The first kappa shape index (κ1) is 8.55. The van der Waals surface area contributed by atoms with Crippen molar-refractivity contribution in [2.45, 2.75) is 39.0 Å². The van der Waals surface area contributed by atoms with Crippen molar-refractivity contribution in [2.75, 3.05) is 6.54 Å².